The maximum atomic E-state index is 13.3. The molecule has 2 aromatic carbocycles. The van der Waals surface area contributed by atoms with Crippen LogP contribution in [0.3, 0.4) is 0 Å². The van der Waals surface area contributed by atoms with Gasteiger partial charge < -0.3 is 4.74 Å². The second-order valence-corrected chi connectivity index (χ2v) is 13.0. The number of ketones is 1. The van der Waals surface area contributed by atoms with E-state index in [1.807, 2.05) is 31.2 Å². The minimum absolute atomic E-state index is 0.0768. The smallest absolute Gasteiger partial charge is 0.339 e. The third-order valence-electron chi connectivity index (χ3n) is 8.77. The zero-order valence-electron chi connectivity index (χ0n) is 22.1. The van der Waals surface area contributed by atoms with Gasteiger partial charge in [0, 0.05) is 15.4 Å². The molecule has 9 heteroatoms. The van der Waals surface area contributed by atoms with E-state index >= 15 is 0 Å². The summed E-state index contributed by atoms with van der Waals surface area (Å²) >= 11 is 4.81. The highest BCUT2D eigenvalue weighted by atomic mass is 79.9. The van der Waals surface area contributed by atoms with Gasteiger partial charge in [0.2, 0.25) is 17.6 Å². The number of hydrogen-bond acceptors (Lipinski definition) is 7. The summed E-state index contributed by atoms with van der Waals surface area (Å²) in [6.45, 7) is 1.55. The molecule has 2 amide bonds. The third kappa shape index (κ3) is 4.33. The quantitative estimate of drug-likeness (QED) is 0.135. The van der Waals surface area contributed by atoms with E-state index < -0.39 is 5.97 Å². The summed E-state index contributed by atoms with van der Waals surface area (Å²) in [6.07, 6.45) is 3.07. The van der Waals surface area contributed by atoms with Crippen molar-refractivity contribution in [3.63, 3.8) is 0 Å². The van der Waals surface area contributed by atoms with Gasteiger partial charge in [-0.15, -0.1) is 11.3 Å². The number of amides is 2. The van der Waals surface area contributed by atoms with Crippen LogP contribution in [0.25, 0.3) is 22.2 Å². The largest absolute Gasteiger partial charge is 0.454 e. The van der Waals surface area contributed by atoms with Crippen molar-refractivity contribution in [2.24, 2.45) is 23.7 Å². The Hall–Kier alpha value is -3.69. The average molecular weight is 630 g/mol. The summed E-state index contributed by atoms with van der Waals surface area (Å²) in [6, 6.07) is 16.0. The molecular weight excluding hydrogens is 604 g/mol. The Labute approximate surface area is 248 Å². The average Bonchev–Trinajstić information content (AvgIpc) is 3.77. The van der Waals surface area contributed by atoms with Crippen molar-refractivity contribution in [1.29, 1.82) is 0 Å². The van der Waals surface area contributed by atoms with Gasteiger partial charge >= 0.3 is 5.97 Å². The molecule has 2 saturated carbocycles. The molecule has 4 aromatic rings. The van der Waals surface area contributed by atoms with Crippen LogP contribution in [0, 0.1) is 30.6 Å². The maximum Gasteiger partial charge on any atom is 0.339 e. The highest BCUT2D eigenvalue weighted by Gasteiger charge is 2.61. The summed E-state index contributed by atoms with van der Waals surface area (Å²) < 4.78 is 6.25. The van der Waals surface area contributed by atoms with Gasteiger partial charge in [0.05, 0.1) is 39.2 Å². The number of hydrogen-bond donors (Lipinski definition) is 0. The van der Waals surface area contributed by atoms with Crippen molar-refractivity contribution in [3.05, 3.63) is 80.5 Å². The molecule has 4 atom stereocenters. The zero-order valence-corrected chi connectivity index (χ0v) is 24.5. The molecule has 2 aromatic heterocycles. The highest BCUT2D eigenvalue weighted by molar-refractivity contribution is 9.10. The van der Waals surface area contributed by atoms with Gasteiger partial charge in [0.25, 0.3) is 0 Å². The summed E-state index contributed by atoms with van der Waals surface area (Å²) in [4.78, 5) is 59.0. The van der Waals surface area contributed by atoms with Crippen LogP contribution >= 0.6 is 27.3 Å². The first-order chi connectivity index (χ1) is 19.8. The van der Waals surface area contributed by atoms with Crippen molar-refractivity contribution in [1.82, 2.24) is 4.98 Å². The first-order valence-electron chi connectivity index (χ1n) is 13.6. The van der Waals surface area contributed by atoms with Crippen LogP contribution in [-0.4, -0.2) is 35.2 Å². The van der Waals surface area contributed by atoms with Gasteiger partial charge in [-0.1, -0.05) is 34.1 Å². The van der Waals surface area contributed by atoms with E-state index in [2.05, 4.69) is 15.9 Å². The Balaban J connectivity index is 1.20. The molecule has 7 nitrogen and oxygen atoms in total. The highest BCUT2D eigenvalue weighted by Crippen LogP contribution is 2.56. The number of rotatable bonds is 6. The lowest BCUT2D eigenvalue weighted by Crippen LogP contribution is -2.32. The van der Waals surface area contributed by atoms with E-state index in [1.54, 1.807) is 35.7 Å². The number of carbonyl (C=O) groups is 4. The summed E-state index contributed by atoms with van der Waals surface area (Å²) in [5, 5.41) is 2.41. The Bertz CT molecular complexity index is 1720. The number of aromatic nitrogens is 1. The number of ether oxygens (including phenoxy) is 1. The molecule has 3 heterocycles. The molecule has 3 aliphatic rings. The van der Waals surface area contributed by atoms with Gasteiger partial charge in [0.1, 0.15) is 0 Å². The zero-order chi connectivity index (χ0) is 28.4. The van der Waals surface area contributed by atoms with Crippen molar-refractivity contribution < 1.29 is 23.9 Å². The number of esters is 1. The van der Waals surface area contributed by atoms with Crippen LogP contribution in [-0.2, 0) is 14.3 Å². The molecule has 2 aliphatic carbocycles. The van der Waals surface area contributed by atoms with E-state index in [4.69, 9.17) is 9.72 Å². The van der Waals surface area contributed by atoms with Crippen molar-refractivity contribution in [3.8, 4) is 11.3 Å². The summed E-state index contributed by atoms with van der Waals surface area (Å²) in [7, 11) is 0. The normalized spacial score (nSPS) is 22.9. The lowest BCUT2D eigenvalue weighted by atomic mass is 9.81. The van der Waals surface area contributed by atoms with E-state index in [9.17, 15) is 19.2 Å². The molecule has 3 fully saturated rings. The number of imide groups is 1. The van der Waals surface area contributed by atoms with Gasteiger partial charge in [-0.25, -0.2) is 9.78 Å². The minimum atomic E-state index is -0.618. The second kappa shape index (κ2) is 9.99. The lowest BCUT2D eigenvalue weighted by molar-refractivity contribution is -0.123. The number of Topliss-reactive ketones (excluding diaryl/α,β-unsaturated/α-hetero) is 1. The fraction of sp³-hybridized carbons (Fsp3) is 0.281. The first-order valence-corrected chi connectivity index (χ1v) is 15.3. The predicted octanol–water partition coefficient (Wildman–Crippen LogP) is 6.61. The van der Waals surface area contributed by atoms with Crippen molar-refractivity contribution in [2.75, 3.05) is 11.5 Å². The number of halogens is 1. The lowest BCUT2D eigenvalue weighted by Gasteiger charge is -2.19. The van der Waals surface area contributed by atoms with Crippen LogP contribution in [0.2, 0.25) is 0 Å². The fourth-order valence-corrected chi connectivity index (χ4v) is 8.16. The molecule has 0 radical (unpaired) electrons. The molecule has 0 spiro atoms. The molecular formula is C32H25BrN2O5S. The minimum Gasteiger partial charge on any atom is -0.454 e. The molecule has 1 saturated heterocycles. The monoisotopic (exact) mass is 628 g/mol. The van der Waals surface area contributed by atoms with Crippen LogP contribution in [0.5, 0.6) is 0 Å². The number of thiophene rings is 1. The van der Waals surface area contributed by atoms with Crippen LogP contribution in [0.1, 0.15) is 44.9 Å². The predicted molar refractivity (Wildman–Crippen MR) is 159 cm³/mol. The SMILES string of the molecule is Cc1cc(Br)cc2c(C(=O)OCC(=O)c3cccs3)cc(-c3ccc(N4C(=O)C5C6CCC(C6)C5C4=O)cc3)nc12. The van der Waals surface area contributed by atoms with Gasteiger partial charge in [-0.05, 0) is 85.4 Å². The Kier molecular flexibility index (Phi) is 6.39. The van der Waals surface area contributed by atoms with Gasteiger partial charge in [0.15, 0.2) is 6.61 Å². The Morgan fingerprint density at radius 1 is 1.02 bits per heavy atom. The molecule has 41 heavy (non-hydrogen) atoms. The van der Waals surface area contributed by atoms with E-state index in [-0.39, 0.29) is 36.0 Å². The number of fused-ring (bicyclic) bond motifs is 6. The van der Waals surface area contributed by atoms with E-state index in [1.165, 1.54) is 16.2 Å². The van der Waals surface area contributed by atoms with Crippen LogP contribution in [0.4, 0.5) is 5.69 Å². The molecule has 2 bridgehead atoms. The standard InChI is InChI=1S/C32H25BrN2O5S/c1-16-11-20(33)13-22-23(32(39)40-15-25(36)26-3-2-10-41-26)14-24(34-29(16)22)17-6-8-21(9-7-17)35-30(37)27-18-4-5-19(12-18)28(27)31(35)38/h2-3,6-11,13-14,18-19,27-28H,4-5,12,15H2,1H3. The number of aryl methyl sites for hydroxylation is 1. The number of anilines is 1. The number of pyridine rings is 1. The third-order valence-corrected chi connectivity index (χ3v) is 10.1. The van der Waals surface area contributed by atoms with Crippen LogP contribution in [0.15, 0.2) is 64.5 Å². The van der Waals surface area contributed by atoms with Crippen LogP contribution < -0.4 is 4.90 Å². The second-order valence-electron chi connectivity index (χ2n) is 11.1. The Morgan fingerprint density at radius 2 is 1.73 bits per heavy atom. The molecule has 206 valence electrons. The molecule has 7 rings (SSSR count). The molecule has 0 N–H and O–H groups in total. The Morgan fingerprint density at radius 3 is 2.39 bits per heavy atom. The van der Waals surface area contributed by atoms with Crippen molar-refractivity contribution in [2.45, 2.75) is 26.2 Å². The molecule has 1 aliphatic heterocycles. The number of nitrogens with zero attached hydrogens (tertiary/aromatic N) is 2. The van der Waals surface area contributed by atoms with E-state index in [0.717, 1.165) is 34.9 Å². The molecule has 4 unspecified atom stereocenters. The van der Waals surface area contributed by atoms with E-state index in [0.29, 0.717) is 44.6 Å². The summed E-state index contributed by atoms with van der Waals surface area (Å²) in [5.41, 5.74) is 3.63. The van der Waals surface area contributed by atoms with Gasteiger partial charge in [-0.2, -0.15) is 0 Å². The fourth-order valence-electron chi connectivity index (χ4n) is 6.93. The van der Waals surface area contributed by atoms with Crippen molar-refractivity contribution >= 4 is 67.4 Å². The first kappa shape index (κ1) is 26.2. The van der Waals surface area contributed by atoms with Gasteiger partial charge in [-0.3, -0.25) is 19.3 Å². The topological polar surface area (TPSA) is 93.6 Å². The number of benzene rings is 2. The maximum absolute atomic E-state index is 13.3. The number of carbonyl (C=O) groups excluding carboxylic acids is 4. The summed E-state index contributed by atoms with van der Waals surface area (Å²) in [5.74, 6) is -0.727.